The molecule has 1 aliphatic rings. The minimum Gasteiger partial charge on any atom is -0.496 e. The summed E-state index contributed by atoms with van der Waals surface area (Å²) in [6.45, 7) is 18.3. The Morgan fingerprint density at radius 3 is 1.92 bits per heavy atom. The fourth-order valence-corrected chi connectivity index (χ4v) is 5.87. The fourth-order valence-electron chi connectivity index (χ4n) is 5.75. The minimum atomic E-state index is -0.921. The van der Waals surface area contributed by atoms with E-state index in [-0.39, 0.29) is 17.7 Å². The Labute approximate surface area is 295 Å². The van der Waals surface area contributed by atoms with Crippen molar-refractivity contribution in [2.24, 2.45) is 5.92 Å². The van der Waals surface area contributed by atoms with E-state index in [1.807, 2.05) is 45.0 Å². The van der Waals surface area contributed by atoms with Gasteiger partial charge in [-0.15, -0.1) is 0 Å². The molecule has 0 aliphatic carbocycles. The first kappa shape index (κ1) is 37.9. The molecule has 49 heavy (non-hydrogen) atoms. The number of pyridine rings is 1. The van der Waals surface area contributed by atoms with Gasteiger partial charge >= 0.3 is 18.2 Å². The monoisotopic (exact) mass is 695 g/mol. The van der Waals surface area contributed by atoms with Crippen LogP contribution < -0.4 is 9.64 Å². The van der Waals surface area contributed by atoms with Crippen molar-refractivity contribution in [3.63, 3.8) is 0 Å². The Balaban J connectivity index is 1.77. The zero-order chi connectivity index (χ0) is 36.3. The number of likely N-dealkylation sites (tertiary alicyclic amines) is 1. The van der Waals surface area contributed by atoms with Gasteiger partial charge in [-0.3, -0.25) is 9.69 Å². The van der Waals surface area contributed by atoms with Crippen LogP contribution in [0.15, 0.2) is 42.6 Å². The normalized spacial score (nSPS) is 14.8. The summed E-state index contributed by atoms with van der Waals surface area (Å²) in [5.41, 5.74) is 0.298. The summed E-state index contributed by atoms with van der Waals surface area (Å²) in [5.74, 6) is 0.579. The highest BCUT2D eigenvalue weighted by Crippen LogP contribution is 2.41. The molecule has 0 N–H and O–H groups in total. The molecule has 0 unspecified atom stereocenters. The smallest absolute Gasteiger partial charge is 0.425 e. The topological polar surface area (TPSA) is 108 Å². The molecule has 0 radical (unpaired) electrons. The Hall–Kier alpha value is -3.89. The molecule has 266 valence electrons. The second-order valence-corrected chi connectivity index (χ2v) is 16.0. The number of carbonyl (C=O) groups excluding carboxylic acids is 3. The zero-order valence-corrected chi connectivity index (χ0v) is 31.2. The van der Waals surface area contributed by atoms with E-state index in [9.17, 15) is 14.4 Å². The molecule has 4 rings (SSSR count). The third kappa shape index (κ3) is 10.5. The number of amides is 2. The van der Waals surface area contributed by atoms with Gasteiger partial charge in [0, 0.05) is 29.7 Å². The standard InChI is InChI=1S/C38H50ClN3O7/c1-36(2,3)47-31(43)21-24-15-17-41(18-16-24)23-25-19-28-29(26-11-13-27(39)14-12-26)22-40-33(32(28)30(20-25)46-10)42(34(44)48-37(4,5)6)35(45)49-38(7,8)9/h11-14,19-20,22,24H,15-18,21,23H2,1-10H3. The lowest BCUT2D eigenvalue weighted by atomic mass is 9.93. The number of esters is 1. The highest BCUT2D eigenvalue weighted by Gasteiger charge is 2.36. The SMILES string of the molecule is COc1cc(CN2CCC(CC(=O)OC(C)(C)C)CC2)cc2c(-c3ccc(Cl)cc3)cnc(N(C(=O)OC(C)(C)C)C(=O)OC(C)(C)C)c12. The first-order valence-electron chi connectivity index (χ1n) is 16.7. The molecule has 1 aliphatic heterocycles. The number of ether oxygens (including phenoxy) is 4. The number of piperidine rings is 1. The number of methoxy groups -OCH3 is 1. The number of rotatable bonds is 7. The predicted octanol–water partition coefficient (Wildman–Crippen LogP) is 9.18. The summed E-state index contributed by atoms with van der Waals surface area (Å²) < 4.78 is 22.9. The van der Waals surface area contributed by atoms with Crippen molar-refractivity contribution in [2.75, 3.05) is 25.1 Å². The lowest BCUT2D eigenvalue weighted by molar-refractivity contribution is -0.156. The molecule has 1 aromatic heterocycles. The quantitative estimate of drug-likeness (QED) is 0.177. The van der Waals surface area contributed by atoms with Gasteiger partial charge in [-0.1, -0.05) is 23.7 Å². The third-order valence-corrected chi connectivity index (χ3v) is 7.97. The number of hydrogen-bond donors (Lipinski definition) is 0. The molecule has 11 heteroatoms. The molecular formula is C38H50ClN3O7. The van der Waals surface area contributed by atoms with Crippen LogP contribution in [0.1, 0.15) is 87.1 Å². The maximum absolute atomic E-state index is 13.7. The zero-order valence-electron chi connectivity index (χ0n) is 30.4. The van der Waals surface area contributed by atoms with Gasteiger partial charge in [0.2, 0.25) is 0 Å². The van der Waals surface area contributed by atoms with E-state index in [0.717, 1.165) is 52.9 Å². The lowest BCUT2D eigenvalue weighted by Gasteiger charge is -2.32. The van der Waals surface area contributed by atoms with E-state index in [1.54, 1.807) is 67.0 Å². The largest absolute Gasteiger partial charge is 0.496 e. The van der Waals surface area contributed by atoms with Crippen LogP contribution in [0.25, 0.3) is 21.9 Å². The number of hydrogen-bond acceptors (Lipinski definition) is 9. The molecular weight excluding hydrogens is 646 g/mol. The third-order valence-electron chi connectivity index (χ3n) is 7.72. The van der Waals surface area contributed by atoms with Gasteiger partial charge in [0.25, 0.3) is 0 Å². The summed E-state index contributed by atoms with van der Waals surface area (Å²) in [7, 11) is 1.55. The molecule has 0 saturated carbocycles. The number of aromatic nitrogens is 1. The van der Waals surface area contributed by atoms with Crippen molar-refractivity contribution >= 4 is 46.3 Å². The molecule has 2 amide bonds. The Bertz CT molecular complexity index is 1630. The van der Waals surface area contributed by atoms with E-state index < -0.39 is 29.0 Å². The Morgan fingerprint density at radius 1 is 0.857 bits per heavy atom. The number of benzene rings is 2. The van der Waals surface area contributed by atoms with Crippen LogP contribution in [0.4, 0.5) is 15.4 Å². The molecule has 1 saturated heterocycles. The maximum atomic E-state index is 13.7. The van der Waals surface area contributed by atoms with E-state index in [2.05, 4.69) is 9.88 Å². The molecule has 3 aromatic rings. The van der Waals surface area contributed by atoms with Crippen LogP contribution in [0.5, 0.6) is 5.75 Å². The summed E-state index contributed by atoms with van der Waals surface area (Å²) in [4.78, 5) is 47.7. The van der Waals surface area contributed by atoms with Gasteiger partial charge in [-0.2, -0.15) is 4.90 Å². The first-order chi connectivity index (χ1) is 22.7. The number of nitrogens with zero attached hydrogens (tertiary/aromatic N) is 3. The predicted molar refractivity (Wildman–Crippen MR) is 192 cm³/mol. The molecule has 0 spiro atoms. The summed E-state index contributed by atoms with van der Waals surface area (Å²) in [5, 5.41) is 1.76. The lowest BCUT2D eigenvalue weighted by Crippen LogP contribution is -2.44. The second kappa shape index (κ2) is 14.9. The number of carbonyl (C=O) groups is 3. The van der Waals surface area contributed by atoms with Crippen LogP contribution in [0.3, 0.4) is 0 Å². The van der Waals surface area contributed by atoms with Crippen LogP contribution >= 0.6 is 11.6 Å². The molecule has 10 nitrogen and oxygen atoms in total. The molecule has 0 atom stereocenters. The van der Waals surface area contributed by atoms with Crippen LogP contribution in [0, 0.1) is 5.92 Å². The van der Waals surface area contributed by atoms with Crippen molar-refractivity contribution in [2.45, 2.75) is 105 Å². The minimum absolute atomic E-state index is 0.0302. The van der Waals surface area contributed by atoms with Gasteiger partial charge < -0.3 is 18.9 Å². The maximum Gasteiger partial charge on any atom is 0.425 e. The van der Waals surface area contributed by atoms with Crippen molar-refractivity contribution < 1.29 is 33.3 Å². The Kier molecular flexibility index (Phi) is 11.6. The van der Waals surface area contributed by atoms with E-state index >= 15 is 0 Å². The van der Waals surface area contributed by atoms with Gasteiger partial charge in [0.05, 0.1) is 12.5 Å². The van der Waals surface area contributed by atoms with Crippen molar-refractivity contribution in [3.8, 4) is 16.9 Å². The number of imide groups is 1. The van der Waals surface area contributed by atoms with Gasteiger partial charge in [0.15, 0.2) is 5.82 Å². The molecule has 2 heterocycles. The highest BCUT2D eigenvalue weighted by atomic mass is 35.5. The average Bonchev–Trinajstić information content (AvgIpc) is 2.95. The first-order valence-corrected chi connectivity index (χ1v) is 17.1. The van der Waals surface area contributed by atoms with Crippen molar-refractivity contribution in [3.05, 3.63) is 53.2 Å². The van der Waals surface area contributed by atoms with Gasteiger partial charge in [0.1, 0.15) is 22.6 Å². The average molecular weight is 696 g/mol. The highest BCUT2D eigenvalue weighted by molar-refractivity contribution is 6.30. The number of anilines is 1. The van der Waals surface area contributed by atoms with E-state index in [4.69, 9.17) is 30.5 Å². The van der Waals surface area contributed by atoms with Crippen LogP contribution in [0.2, 0.25) is 5.02 Å². The second-order valence-electron chi connectivity index (χ2n) is 15.5. The van der Waals surface area contributed by atoms with Gasteiger partial charge in [-0.05, 0) is 135 Å². The molecule has 1 fully saturated rings. The summed E-state index contributed by atoms with van der Waals surface area (Å²) >= 11 is 6.23. The number of fused-ring (bicyclic) bond motifs is 1. The fraction of sp³-hybridized carbons (Fsp3) is 0.526. The van der Waals surface area contributed by atoms with Crippen molar-refractivity contribution in [1.82, 2.24) is 9.88 Å². The van der Waals surface area contributed by atoms with Gasteiger partial charge in [-0.25, -0.2) is 14.6 Å². The summed E-state index contributed by atoms with van der Waals surface area (Å²) in [6.07, 6.45) is 1.98. The van der Waals surface area contributed by atoms with E-state index in [1.165, 1.54) is 0 Å². The Morgan fingerprint density at radius 2 is 1.41 bits per heavy atom. The molecule has 0 bridgehead atoms. The molecule has 2 aromatic carbocycles. The van der Waals surface area contributed by atoms with Crippen molar-refractivity contribution in [1.29, 1.82) is 0 Å². The van der Waals surface area contributed by atoms with Crippen LogP contribution in [-0.2, 0) is 25.5 Å². The summed E-state index contributed by atoms with van der Waals surface area (Å²) in [6, 6.07) is 11.3. The van der Waals surface area contributed by atoms with Crippen LogP contribution in [-0.4, -0.2) is 65.0 Å². The van der Waals surface area contributed by atoms with E-state index in [0.29, 0.717) is 29.1 Å². The number of halogens is 1.